The fraction of sp³-hybridized carbons (Fsp3) is 0.303. The van der Waals surface area contributed by atoms with Gasteiger partial charge in [0.1, 0.15) is 29.6 Å². The lowest BCUT2D eigenvalue weighted by Gasteiger charge is -2.24. The van der Waals surface area contributed by atoms with E-state index in [0.717, 1.165) is 16.7 Å². The van der Waals surface area contributed by atoms with E-state index in [0.29, 0.717) is 54.0 Å². The zero-order chi connectivity index (χ0) is 31.1. The fourth-order valence-electron chi connectivity index (χ4n) is 5.17. The summed E-state index contributed by atoms with van der Waals surface area (Å²) in [6.07, 6.45) is 0.664. The highest BCUT2D eigenvalue weighted by Crippen LogP contribution is 2.51. The largest absolute Gasteiger partial charge is 0.497 e. The third kappa shape index (κ3) is 6.53. The lowest BCUT2D eigenvalue weighted by molar-refractivity contribution is -0.122. The summed E-state index contributed by atoms with van der Waals surface area (Å²) in [6, 6.07) is 22.9. The molecule has 3 aromatic carbocycles. The van der Waals surface area contributed by atoms with Crippen molar-refractivity contribution < 1.29 is 28.5 Å². The average molecular weight is 617 g/mol. The molecule has 11 heteroatoms. The van der Waals surface area contributed by atoms with E-state index in [-0.39, 0.29) is 29.4 Å². The molecule has 0 saturated carbocycles. The molecule has 0 radical (unpaired) electrons. The molecule has 0 fully saturated rings. The van der Waals surface area contributed by atoms with Crippen LogP contribution in [0.25, 0.3) is 16.9 Å². The van der Waals surface area contributed by atoms with Gasteiger partial charge in [0.25, 0.3) is 0 Å². The number of fused-ring (bicyclic) bond motifs is 1. The van der Waals surface area contributed by atoms with Gasteiger partial charge in [-0.25, -0.2) is 4.68 Å². The summed E-state index contributed by atoms with van der Waals surface area (Å²) in [5.41, 5.74) is 3.91. The Bertz CT molecular complexity index is 1590. The Labute approximate surface area is 261 Å². The van der Waals surface area contributed by atoms with Gasteiger partial charge in [0.15, 0.2) is 0 Å². The van der Waals surface area contributed by atoms with Gasteiger partial charge in [0.05, 0.1) is 43.7 Å². The topological polar surface area (TPSA) is 104 Å². The molecular weight excluding hydrogens is 580 g/mol. The number of rotatable bonds is 12. The summed E-state index contributed by atoms with van der Waals surface area (Å²) >= 11 is 1.47. The van der Waals surface area contributed by atoms with Crippen molar-refractivity contribution in [2.75, 3.05) is 58.8 Å². The number of ether oxygens (including phenoxy) is 4. The lowest BCUT2D eigenvalue weighted by atomic mass is 9.98. The van der Waals surface area contributed by atoms with Crippen molar-refractivity contribution in [3.05, 3.63) is 83.9 Å². The summed E-state index contributed by atoms with van der Waals surface area (Å²) in [5, 5.41) is 7.67. The predicted molar refractivity (Wildman–Crippen MR) is 171 cm³/mol. The molecule has 2 heterocycles. The first-order valence-electron chi connectivity index (χ1n) is 14.2. The third-order valence-electron chi connectivity index (χ3n) is 7.32. The summed E-state index contributed by atoms with van der Waals surface area (Å²) in [7, 11) is 6.47. The van der Waals surface area contributed by atoms with Gasteiger partial charge in [0.2, 0.25) is 11.8 Å². The van der Waals surface area contributed by atoms with Crippen LogP contribution in [0.5, 0.6) is 17.2 Å². The van der Waals surface area contributed by atoms with Crippen molar-refractivity contribution in [1.82, 2.24) is 15.1 Å². The van der Waals surface area contributed by atoms with E-state index in [9.17, 15) is 9.59 Å². The second kappa shape index (κ2) is 14.3. The third-order valence-corrected chi connectivity index (χ3v) is 8.56. The molecule has 0 spiro atoms. The van der Waals surface area contributed by atoms with Crippen LogP contribution >= 0.6 is 11.8 Å². The van der Waals surface area contributed by atoms with Crippen LogP contribution in [-0.4, -0.2) is 75.5 Å². The van der Waals surface area contributed by atoms with Gasteiger partial charge < -0.3 is 24.3 Å². The van der Waals surface area contributed by atoms with Crippen LogP contribution in [-0.2, 0) is 14.3 Å². The highest BCUT2D eigenvalue weighted by atomic mass is 32.2. The first-order chi connectivity index (χ1) is 21.5. The minimum Gasteiger partial charge on any atom is -0.497 e. The maximum Gasteiger partial charge on any atom is 0.240 e. The molecule has 1 N–H and O–H groups in total. The highest BCUT2D eigenvalue weighted by molar-refractivity contribution is 8.00. The van der Waals surface area contributed by atoms with Crippen LogP contribution < -0.4 is 24.4 Å². The molecular formula is C33H36N4O6S. The number of carbonyl (C=O) groups is 2. The van der Waals surface area contributed by atoms with E-state index in [1.807, 2.05) is 72.8 Å². The minimum atomic E-state index is -0.379. The predicted octanol–water partition coefficient (Wildman–Crippen LogP) is 4.89. The zero-order valence-electron chi connectivity index (χ0n) is 25.2. The minimum absolute atomic E-state index is 0.132. The summed E-state index contributed by atoms with van der Waals surface area (Å²) < 4.78 is 23.7. The molecule has 44 heavy (non-hydrogen) atoms. The lowest BCUT2D eigenvalue weighted by Crippen LogP contribution is -2.42. The summed E-state index contributed by atoms with van der Waals surface area (Å²) in [4.78, 5) is 28.8. The van der Waals surface area contributed by atoms with Gasteiger partial charge in [-0.3, -0.25) is 14.5 Å². The number of anilines is 1. The van der Waals surface area contributed by atoms with Gasteiger partial charge in [-0.1, -0.05) is 30.3 Å². The van der Waals surface area contributed by atoms with Crippen LogP contribution in [0, 0.1) is 0 Å². The molecule has 0 saturated heterocycles. The van der Waals surface area contributed by atoms with Crippen molar-refractivity contribution >= 4 is 29.4 Å². The molecule has 1 atom stereocenters. The van der Waals surface area contributed by atoms with Crippen molar-refractivity contribution in [1.29, 1.82) is 0 Å². The Balaban J connectivity index is 1.75. The molecule has 4 aromatic rings. The Morgan fingerprint density at radius 2 is 1.68 bits per heavy atom. The van der Waals surface area contributed by atoms with Crippen molar-refractivity contribution in [2.45, 2.75) is 11.7 Å². The molecule has 230 valence electrons. The molecule has 1 unspecified atom stereocenters. The molecule has 5 rings (SSSR count). The number of aromatic nitrogens is 2. The van der Waals surface area contributed by atoms with E-state index >= 15 is 0 Å². The van der Waals surface area contributed by atoms with Gasteiger partial charge >= 0.3 is 0 Å². The van der Waals surface area contributed by atoms with Crippen LogP contribution in [0.15, 0.2) is 72.8 Å². The van der Waals surface area contributed by atoms with E-state index < -0.39 is 0 Å². The molecule has 0 bridgehead atoms. The highest BCUT2D eigenvalue weighted by Gasteiger charge is 2.38. The van der Waals surface area contributed by atoms with Crippen LogP contribution in [0.3, 0.4) is 0 Å². The number of hydrogen-bond donors (Lipinski definition) is 1. The maximum atomic E-state index is 14.0. The summed E-state index contributed by atoms with van der Waals surface area (Å²) in [6.45, 7) is 0.794. The number of nitrogens with zero attached hydrogens (tertiary/aromatic N) is 3. The Kier molecular flexibility index (Phi) is 10.1. The van der Waals surface area contributed by atoms with Crippen molar-refractivity contribution in [3.8, 4) is 34.2 Å². The zero-order valence-corrected chi connectivity index (χ0v) is 26.1. The quantitative estimate of drug-likeness (QED) is 0.225. The molecule has 2 amide bonds. The van der Waals surface area contributed by atoms with E-state index in [1.165, 1.54) is 11.8 Å². The molecule has 1 aliphatic rings. The standard InChI is InChI=1S/C33H36N4O6S/c1-40-18-8-17-34-28(38)20-36-29(39)21-44-32(26-19-25(42-3)15-16-27(26)43-4)30-31(22-9-6-5-7-10-22)35-37(33(30)36)23-11-13-24(41-2)14-12-23/h5-7,9-16,19,32H,8,17-18,20-21H2,1-4H3,(H,34,38). The number of nitrogens with one attached hydrogen (secondary N) is 1. The first-order valence-corrected chi connectivity index (χ1v) is 15.3. The Morgan fingerprint density at radius 1 is 0.955 bits per heavy atom. The molecule has 1 aliphatic heterocycles. The number of thioether (sulfide) groups is 1. The maximum absolute atomic E-state index is 14.0. The number of benzene rings is 3. The van der Waals surface area contributed by atoms with Gasteiger partial charge in [-0.2, -0.15) is 5.10 Å². The van der Waals surface area contributed by atoms with Crippen molar-refractivity contribution in [2.24, 2.45) is 0 Å². The number of carbonyl (C=O) groups excluding carboxylic acids is 2. The van der Waals surface area contributed by atoms with Crippen LogP contribution in [0.4, 0.5) is 5.82 Å². The van der Waals surface area contributed by atoms with E-state index in [4.69, 9.17) is 24.0 Å². The second-order valence-electron chi connectivity index (χ2n) is 10.0. The Hall–Kier alpha value is -4.48. The number of amides is 2. The number of methoxy groups -OCH3 is 4. The van der Waals surface area contributed by atoms with Gasteiger partial charge in [-0.05, 0) is 48.9 Å². The molecule has 1 aromatic heterocycles. The van der Waals surface area contributed by atoms with E-state index in [1.54, 1.807) is 38.0 Å². The SMILES string of the molecule is COCCCNC(=O)CN1C(=O)CSC(c2cc(OC)ccc2OC)c2c(-c3ccccc3)nn(-c3ccc(OC)cc3)c21. The van der Waals surface area contributed by atoms with Crippen LogP contribution in [0.1, 0.15) is 22.8 Å². The van der Waals surface area contributed by atoms with Crippen LogP contribution in [0.2, 0.25) is 0 Å². The van der Waals surface area contributed by atoms with E-state index in [2.05, 4.69) is 5.32 Å². The first kappa shape index (κ1) is 31.0. The summed E-state index contributed by atoms with van der Waals surface area (Å²) in [5.74, 6) is 2.18. The second-order valence-corrected chi connectivity index (χ2v) is 11.1. The molecule has 10 nitrogen and oxygen atoms in total. The van der Waals surface area contributed by atoms with Gasteiger partial charge in [0, 0.05) is 37.0 Å². The molecule has 0 aliphatic carbocycles. The number of hydrogen-bond acceptors (Lipinski definition) is 8. The monoisotopic (exact) mass is 616 g/mol. The fourth-order valence-corrected chi connectivity index (χ4v) is 6.38. The average Bonchev–Trinajstić information content (AvgIpc) is 3.39. The van der Waals surface area contributed by atoms with Crippen molar-refractivity contribution in [3.63, 3.8) is 0 Å². The Morgan fingerprint density at radius 3 is 2.36 bits per heavy atom. The van der Waals surface area contributed by atoms with Gasteiger partial charge in [-0.15, -0.1) is 11.8 Å². The normalized spacial score (nSPS) is 14.5. The smallest absolute Gasteiger partial charge is 0.240 e.